The molecule has 7 heteroatoms. The van der Waals surface area contributed by atoms with E-state index in [1.165, 1.54) is 6.92 Å². The molecular formula is C17H22ClN3O3. The van der Waals surface area contributed by atoms with Gasteiger partial charge in [-0.15, -0.1) is 0 Å². The van der Waals surface area contributed by atoms with Crippen LogP contribution in [0.2, 0.25) is 5.02 Å². The van der Waals surface area contributed by atoms with Gasteiger partial charge in [-0.05, 0) is 25.0 Å². The minimum absolute atomic E-state index is 0.000460. The van der Waals surface area contributed by atoms with Crippen LogP contribution in [0, 0.1) is 5.92 Å². The molecule has 3 amide bonds. The van der Waals surface area contributed by atoms with Crippen molar-refractivity contribution in [3.8, 4) is 0 Å². The Kier molecular flexibility index (Phi) is 6.61. The van der Waals surface area contributed by atoms with Crippen LogP contribution in [-0.4, -0.2) is 48.8 Å². The van der Waals surface area contributed by atoms with Crippen LogP contribution in [0.5, 0.6) is 0 Å². The van der Waals surface area contributed by atoms with Crippen LogP contribution in [-0.2, 0) is 9.59 Å². The average Bonchev–Trinajstić information content (AvgIpc) is 2.58. The van der Waals surface area contributed by atoms with Crippen molar-refractivity contribution in [2.45, 2.75) is 19.8 Å². The molecule has 0 spiro atoms. The number of benzene rings is 1. The molecule has 2 rings (SSSR count). The highest BCUT2D eigenvalue weighted by molar-refractivity contribution is 6.33. The number of likely N-dealkylation sites (tertiary alicyclic amines) is 1. The van der Waals surface area contributed by atoms with E-state index in [4.69, 9.17) is 11.6 Å². The van der Waals surface area contributed by atoms with Crippen LogP contribution in [0.25, 0.3) is 0 Å². The zero-order valence-electron chi connectivity index (χ0n) is 13.7. The standard InChI is InChI=1S/C17H22ClN3O3/c1-12(22)21-10-4-5-13(11-21)16(23)19-8-9-20-17(24)14-6-2-3-7-15(14)18/h2-3,6-7,13H,4-5,8-11H2,1H3,(H,19,23)(H,20,24). The van der Waals surface area contributed by atoms with E-state index in [9.17, 15) is 14.4 Å². The second-order valence-corrected chi connectivity index (χ2v) is 6.24. The van der Waals surface area contributed by atoms with Crippen molar-refractivity contribution in [3.63, 3.8) is 0 Å². The van der Waals surface area contributed by atoms with E-state index in [0.29, 0.717) is 36.8 Å². The molecule has 1 aromatic carbocycles. The summed E-state index contributed by atoms with van der Waals surface area (Å²) in [5.74, 6) is -0.523. The molecule has 130 valence electrons. The highest BCUT2D eigenvalue weighted by atomic mass is 35.5. The first-order chi connectivity index (χ1) is 11.5. The number of nitrogens with one attached hydrogen (secondary N) is 2. The van der Waals surface area contributed by atoms with Crippen LogP contribution in [0.1, 0.15) is 30.1 Å². The predicted octanol–water partition coefficient (Wildman–Crippen LogP) is 1.44. The van der Waals surface area contributed by atoms with E-state index in [2.05, 4.69) is 10.6 Å². The third-order valence-electron chi connectivity index (χ3n) is 4.07. The van der Waals surface area contributed by atoms with Gasteiger partial charge in [0.1, 0.15) is 0 Å². The normalized spacial score (nSPS) is 17.2. The van der Waals surface area contributed by atoms with Crippen LogP contribution >= 0.6 is 11.6 Å². The average molecular weight is 352 g/mol. The van der Waals surface area contributed by atoms with Gasteiger partial charge < -0.3 is 15.5 Å². The van der Waals surface area contributed by atoms with Gasteiger partial charge in [0, 0.05) is 33.1 Å². The Labute approximate surface area is 146 Å². The van der Waals surface area contributed by atoms with Crippen LogP contribution in [0.4, 0.5) is 0 Å². The summed E-state index contributed by atoms with van der Waals surface area (Å²) >= 11 is 5.96. The lowest BCUT2D eigenvalue weighted by Crippen LogP contribution is -2.46. The second kappa shape index (κ2) is 8.68. The molecule has 0 bridgehead atoms. The van der Waals surface area contributed by atoms with E-state index in [1.807, 2.05) is 0 Å². The number of rotatable bonds is 5. The fourth-order valence-electron chi connectivity index (χ4n) is 2.72. The van der Waals surface area contributed by atoms with Crippen LogP contribution in [0.3, 0.4) is 0 Å². The molecule has 6 nitrogen and oxygen atoms in total. The SMILES string of the molecule is CC(=O)N1CCCC(C(=O)NCCNC(=O)c2ccccc2Cl)C1. The molecule has 1 atom stereocenters. The van der Waals surface area contributed by atoms with Gasteiger partial charge in [0.15, 0.2) is 0 Å². The third kappa shape index (κ3) is 4.96. The fourth-order valence-corrected chi connectivity index (χ4v) is 2.95. The van der Waals surface area contributed by atoms with Crippen LogP contribution in [0.15, 0.2) is 24.3 Å². The zero-order chi connectivity index (χ0) is 17.5. The number of carbonyl (C=O) groups excluding carboxylic acids is 3. The minimum atomic E-state index is -0.268. The minimum Gasteiger partial charge on any atom is -0.354 e. The van der Waals surface area contributed by atoms with E-state index in [-0.39, 0.29) is 23.6 Å². The monoisotopic (exact) mass is 351 g/mol. The Morgan fingerprint density at radius 2 is 1.92 bits per heavy atom. The molecule has 0 saturated carbocycles. The molecule has 1 saturated heterocycles. The van der Waals surface area contributed by atoms with Gasteiger partial charge in [0.05, 0.1) is 16.5 Å². The third-order valence-corrected chi connectivity index (χ3v) is 4.40. The quantitative estimate of drug-likeness (QED) is 0.788. The van der Waals surface area contributed by atoms with Gasteiger partial charge in [-0.1, -0.05) is 23.7 Å². The topological polar surface area (TPSA) is 78.5 Å². The number of nitrogens with zero attached hydrogens (tertiary/aromatic N) is 1. The van der Waals surface area contributed by atoms with Crippen molar-refractivity contribution in [3.05, 3.63) is 34.9 Å². The fraction of sp³-hybridized carbons (Fsp3) is 0.471. The number of halogens is 1. The van der Waals surface area contributed by atoms with Crippen molar-refractivity contribution < 1.29 is 14.4 Å². The smallest absolute Gasteiger partial charge is 0.252 e. The van der Waals surface area contributed by atoms with Crippen molar-refractivity contribution >= 4 is 29.3 Å². The maximum atomic E-state index is 12.2. The van der Waals surface area contributed by atoms with Gasteiger partial charge in [-0.3, -0.25) is 14.4 Å². The molecule has 2 N–H and O–H groups in total. The molecule has 0 radical (unpaired) electrons. The Morgan fingerprint density at radius 3 is 2.62 bits per heavy atom. The summed E-state index contributed by atoms with van der Waals surface area (Å²) in [6, 6.07) is 6.80. The molecule has 1 aliphatic heterocycles. The molecule has 1 unspecified atom stereocenters. The number of carbonyl (C=O) groups is 3. The first-order valence-electron chi connectivity index (χ1n) is 8.05. The maximum absolute atomic E-state index is 12.2. The lowest BCUT2D eigenvalue weighted by molar-refractivity contribution is -0.133. The zero-order valence-corrected chi connectivity index (χ0v) is 14.4. The molecule has 1 heterocycles. The number of piperidine rings is 1. The Hall–Kier alpha value is -2.08. The van der Waals surface area contributed by atoms with Gasteiger partial charge in [-0.25, -0.2) is 0 Å². The van der Waals surface area contributed by atoms with E-state index in [1.54, 1.807) is 29.2 Å². The molecule has 0 aliphatic carbocycles. The molecular weight excluding hydrogens is 330 g/mol. The van der Waals surface area contributed by atoms with E-state index < -0.39 is 0 Å². The van der Waals surface area contributed by atoms with Crippen LogP contribution < -0.4 is 10.6 Å². The first kappa shape index (κ1) is 18.3. The number of hydrogen-bond acceptors (Lipinski definition) is 3. The summed E-state index contributed by atoms with van der Waals surface area (Å²) in [7, 11) is 0. The largest absolute Gasteiger partial charge is 0.354 e. The highest BCUT2D eigenvalue weighted by Crippen LogP contribution is 2.16. The van der Waals surface area contributed by atoms with Gasteiger partial charge in [0.25, 0.3) is 5.91 Å². The van der Waals surface area contributed by atoms with Crippen molar-refractivity contribution in [1.82, 2.24) is 15.5 Å². The van der Waals surface area contributed by atoms with Gasteiger partial charge >= 0.3 is 0 Å². The summed E-state index contributed by atoms with van der Waals surface area (Å²) in [6.07, 6.45) is 1.61. The molecule has 0 aromatic heterocycles. The summed E-state index contributed by atoms with van der Waals surface area (Å²) < 4.78 is 0. The summed E-state index contributed by atoms with van der Waals surface area (Å²) in [6.45, 7) is 3.36. The molecule has 1 aromatic rings. The second-order valence-electron chi connectivity index (χ2n) is 5.83. The lowest BCUT2D eigenvalue weighted by atomic mass is 9.97. The maximum Gasteiger partial charge on any atom is 0.252 e. The van der Waals surface area contributed by atoms with Crippen molar-refractivity contribution in [1.29, 1.82) is 0 Å². The van der Waals surface area contributed by atoms with Gasteiger partial charge in [0.2, 0.25) is 11.8 Å². The first-order valence-corrected chi connectivity index (χ1v) is 8.43. The molecule has 1 fully saturated rings. The summed E-state index contributed by atoms with van der Waals surface area (Å²) in [4.78, 5) is 37.2. The lowest BCUT2D eigenvalue weighted by Gasteiger charge is -2.31. The Balaban J connectivity index is 1.72. The van der Waals surface area contributed by atoms with Crippen molar-refractivity contribution in [2.24, 2.45) is 5.92 Å². The highest BCUT2D eigenvalue weighted by Gasteiger charge is 2.26. The Morgan fingerprint density at radius 1 is 1.21 bits per heavy atom. The molecule has 24 heavy (non-hydrogen) atoms. The number of hydrogen-bond donors (Lipinski definition) is 2. The summed E-state index contributed by atoms with van der Waals surface area (Å²) in [5.41, 5.74) is 0.412. The summed E-state index contributed by atoms with van der Waals surface area (Å²) in [5, 5.41) is 5.93. The van der Waals surface area contributed by atoms with Crippen molar-refractivity contribution in [2.75, 3.05) is 26.2 Å². The van der Waals surface area contributed by atoms with E-state index in [0.717, 1.165) is 12.8 Å². The van der Waals surface area contributed by atoms with Gasteiger partial charge in [-0.2, -0.15) is 0 Å². The Bertz CT molecular complexity index is 621. The number of amides is 3. The predicted molar refractivity (Wildman–Crippen MR) is 91.8 cm³/mol. The van der Waals surface area contributed by atoms with E-state index >= 15 is 0 Å². The molecule has 1 aliphatic rings.